The van der Waals surface area contributed by atoms with Crippen LogP contribution in [-0.4, -0.2) is 20.9 Å². The van der Waals surface area contributed by atoms with Crippen LogP contribution in [0.5, 0.6) is 0 Å². The van der Waals surface area contributed by atoms with Crippen molar-refractivity contribution in [1.29, 1.82) is 0 Å². The molecule has 0 spiro atoms. The Morgan fingerprint density at radius 3 is 3.00 bits per heavy atom. The third-order valence-electron chi connectivity index (χ3n) is 3.80. The van der Waals surface area contributed by atoms with E-state index in [-0.39, 0.29) is 18.5 Å². The smallest absolute Gasteiger partial charge is 0.249 e. The van der Waals surface area contributed by atoms with Gasteiger partial charge >= 0.3 is 0 Å². The van der Waals surface area contributed by atoms with Crippen molar-refractivity contribution in [3.8, 4) is 0 Å². The van der Waals surface area contributed by atoms with Gasteiger partial charge in [0.2, 0.25) is 11.8 Å². The zero-order valence-corrected chi connectivity index (χ0v) is 12.8. The molecular weight excluding hydrogens is 309 g/mol. The van der Waals surface area contributed by atoms with E-state index in [4.69, 9.17) is 16.1 Å². The molecule has 2 aromatic rings. The molecule has 0 radical (unpaired) electrons. The van der Waals surface area contributed by atoms with Crippen molar-refractivity contribution < 1.29 is 13.7 Å². The molecule has 1 atom stereocenters. The van der Waals surface area contributed by atoms with Gasteiger partial charge in [-0.3, -0.25) is 4.79 Å². The number of carbonyl (C=O) groups is 1. The number of likely N-dealkylation sites (tertiary alicyclic amines) is 1. The lowest BCUT2D eigenvalue weighted by atomic mass is 10.1. The second kappa shape index (κ2) is 6.04. The summed E-state index contributed by atoms with van der Waals surface area (Å²) in [6.45, 7) is 2.02. The average Bonchev–Trinajstić information content (AvgIpc) is 3.10. The molecule has 2 heterocycles. The van der Waals surface area contributed by atoms with E-state index >= 15 is 0 Å². The number of aromatic nitrogens is 2. The van der Waals surface area contributed by atoms with Crippen LogP contribution in [0.3, 0.4) is 0 Å². The van der Waals surface area contributed by atoms with Crippen molar-refractivity contribution in [2.24, 2.45) is 0 Å². The summed E-state index contributed by atoms with van der Waals surface area (Å²) in [5.74, 6) is 0.500. The Balaban J connectivity index is 1.88. The molecule has 1 unspecified atom stereocenters. The van der Waals surface area contributed by atoms with E-state index in [2.05, 4.69) is 10.1 Å². The Bertz CT molecular complexity index is 684. The van der Waals surface area contributed by atoms with E-state index < -0.39 is 5.82 Å². The molecule has 0 bridgehead atoms. The molecule has 1 aromatic heterocycles. The van der Waals surface area contributed by atoms with Crippen LogP contribution in [0.1, 0.15) is 43.1 Å². The molecule has 0 saturated carbocycles. The molecule has 116 valence electrons. The van der Waals surface area contributed by atoms with Gasteiger partial charge in [0.1, 0.15) is 11.9 Å². The maximum absolute atomic E-state index is 13.9. The summed E-state index contributed by atoms with van der Waals surface area (Å²) >= 11 is 6.05. The summed E-state index contributed by atoms with van der Waals surface area (Å²) in [6.07, 6.45) is 1.61. The first kappa shape index (κ1) is 15.0. The molecule has 1 aliphatic rings. The van der Waals surface area contributed by atoms with Crippen LogP contribution in [0.15, 0.2) is 22.7 Å². The lowest BCUT2D eigenvalue weighted by molar-refractivity contribution is -0.130. The molecule has 5 nitrogen and oxygen atoms in total. The molecular formula is C15H15ClFN3O2. The van der Waals surface area contributed by atoms with Crippen molar-refractivity contribution in [3.63, 3.8) is 0 Å². The summed E-state index contributed by atoms with van der Waals surface area (Å²) in [6, 6.07) is 4.16. The van der Waals surface area contributed by atoms with Gasteiger partial charge in [0.05, 0.1) is 6.54 Å². The molecule has 1 aliphatic heterocycles. The highest BCUT2D eigenvalue weighted by atomic mass is 35.5. The fourth-order valence-electron chi connectivity index (χ4n) is 2.59. The molecule has 1 saturated heterocycles. The van der Waals surface area contributed by atoms with Crippen molar-refractivity contribution in [2.45, 2.75) is 38.8 Å². The van der Waals surface area contributed by atoms with Crippen LogP contribution < -0.4 is 0 Å². The van der Waals surface area contributed by atoms with Gasteiger partial charge in [0.15, 0.2) is 5.82 Å². The van der Waals surface area contributed by atoms with Gasteiger partial charge in [-0.15, -0.1) is 0 Å². The summed E-state index contributed by atoms with van der Waals surface area (Å²) < 4.78 is 19.2. The van der Waals surface area contributed by atoms with E-state index in [9.17, 15) is 9.18 Å². The topological polar surface area (TPSA) is 59.2 Å². The average molecular weight is 324 g/mol. The third kappa shape index (κ3) is 2.70. The minimum Gasteiger partial charge on any atom is -0.337 e. The minimum atomic E-state index is -0.425. The van der Waals surface area contributed by atoms with E-state index in [1.54, 1.807) is 11.0 Å². The first-order valence-corrected chi connectivity index (χ1v) is 7.52. The van der Waals surface area contributed by atoms with Crippen LogP contribution in [0, 0.1) is 5.82 Å². The molecule has 1 fully saturated rings. The summed E-state index contributed by atoms with van der Waals surface area (Å²) in [4.78, 5) is 18.0. The van der Waals surface area contributed by atoms with Crippen LogP contribution in [0.4, 0.5) is 4.39 Å². The maximum atomic E-state index is 13.9. The van der Waals surface area contributed by atoms with Crippen molar-refractivity contribution in [3.05, 3.63) is 46.3 Å². The first-order chi connectivity index (χ1) is 10.6. The molecule has 3 rings (SSSR count). The van der Waals surface area contributed by atoms with Crippen LogP contribution in [0.25, 0.3) is 0 Å². The number of hydrogen-bond donors (Lipinski definition) is 0. The highest BCUT2D eigenvalue weighted by molar-refractivity contribution is 6.31. The van der Waals surface area contributed by atoms with Crippen molar-refractivity contribution in [2.75, 3.05) is 0 Å². The predicted molar refractivity (Wildman–Crippen MR) is 77.6 cm³/mol. The number of aryl methyl sites for hydroxylation is 1. The number of amides is 1. The number of hydrogen-bond acceptors (Lipinski definition) is 4. The first-order valence-electron chi connectivity index (χ1n) is 7.15. The van der Waals surface area contributed by atoms with Crippen LogP contribution in [-0.2, 0) is 17.8 Å². The highest BCUT2D eigenvalue weighted by Gasteiger charge is 2.36. The van der Waals surface area contributed by atoms with Crippen LogP contribution in [0.2, 0.25) is 5.02 Å². The number of carbonyl (C=O) groups excluding carboxylic acids is 1. The summed E-state index contributed by atoms with van der Waals surface area (Å²) in [5, 5.41) is 4.16. The Morgan fingerprint density at radius 1 is 1.50 bits per heavy atom. The maximum Gasteiger partial charge on any atom is 0.249 e. The number of nitrogens with zero attached hydrogens (tertiary/aromatic N) is 3. The van der Waals surface area contributed by atoms with Crippen molar-refractivity contribution >= 4 is 17.5 Å². The zero-order valence-electron chi connectivity index (χ0n) is 12.1. The Labute approximate surface area is 132 Å². The molecule has 1 aromatic carbocycles. The van der Waals surface area contributed by atoms with Gasteiger partial charge in [-0.1, -0.05) is 29.7 Å². The quantitative estimate of drug-likeness (QED) is 0.866. The number of halogens is 2. The van der Waals surface area contributed by atoms with Gasteiger partial charge in [0, 0.05) is 23.4 Å². The number of rotatable bonds is 4. The largest absolute Gasteiger partial charge is 0.337 e. The number of benzene rings is 1. The SMILES string of the molecule is CCc1noc(C2CCC(=O)N2Cc2c(F)cccc2Cl)n1. The van der Waals surface area contributed by atoms with Gasteiger partial charge in [-0.2, -0.15) is 4.98 Å². The van der Waals surface area contributed by atoms with Gasteiger partial charge in [-0.05, 0) is 18.6 Å². The monoisotopic (exact) mass is 323 g/mol. The molecule has 0 aliphatic carbocycles. The molecule has 1 amide bonds. The van der Waals surface area contributed by atoms with Gasteiger partial charge in [-0.25, -0.2) is 4.39 Å². The summed E-state index contributed by atoms with van der Waals surface area (Å²) in [5.41, 5.74) is 0.305. The highest BCUT2D eigenvalue weighted by Crippen LogP contribution is 2.34. The fraction of sp³-hybridized carbons (Fsp3) is 0.400. The normalized spacial score (nSPS) is 18.2. The Kier molecular flexibility index (Phi) is 4.11. The predicted octanol–water partition coefficient (Wildman–Crippen LogP) is 3.29. The second-order valence-electron chi connectivity index (χ2n) is 5.18. The fourth-order valence-corrected chi connectivity index (χ4v) is 2.81. The standard InChI is InChI=1S/C15H15ClFN3O2/c1-2-13-18-15(22-19-13)12-6-7-14(21)20(12)8-9-10(16)4-3-5-11(9)17/h3-5,12H,2,6-8H2,1H3. The molecule has 0 N–H and O–H groups in total. The van der Waals surface area contributed by atoms with Crippen molar-refractivity contribution in [1.82, 2.24) is 15.0 Å². The van der Waals surface area contributed by atoms with E-state index in [0.29, 0.717) is 41.6 Å². The molecule has 7 heteroatoms. The zero-order chi connectivity index (χ0) is 15.7. The summed E-state index contributed by atoms with van der Waals surface area (Å²) in [7, 11) is 0. The second-order valence-corrected chi connectivity index (χ2v) is 5.59. The van der Waals surface area contributed by atoms with E-state index in [1.165, 1.54) is 12.1 Å². The van der Waals surface area contributed by atoms with E-state index in [1.807, 2.05) is 6.92 Å². The molecule has 22 heavy (non-hydrogen) atoms. The lowest BCUT2D eigenvalue weighted by Gasteiger charge is -2.22. The van der Waals surface area contributed by atoms with Gasteiger partial charge < -0.3 is 9.42 Å². The lowest BCUT2D eigenvalue weighted by Crippen LogP contribution is -2.28. The minimum absolute atomic E-state index is 0.0689. The van der Waals surface area contributed by atoms with Crippen LogP contribution >= 0.6 is 11.6 Å². The Morgan fingerprint density at radius 2 is 2.32 bits per heavy atom. The third-order valence-corrected chi connectivity index (χ3v) is 4.16. The Hall–Kier alpha value is -1.95. The van der Waals surface area contributed by atoms with E-state index in [0.717, 1.165) is 0 Å². The van der Waals surface area contributed by atoms with Gasteiger partial charge in [0.25, 0.3) is 0 Å².